The summed E-state index contributed by atoms with van der Waals surface area (Å²) in [6, 6.07) is 3.20. The van der Waals surface area contributed by atoms with Crippen molar-refractivity contribution in [3.63, 3.8) is 0 Å². The van der Waals surface area contributed by atoms with E-state index in [4.69, 9.17) is 5.11 Å². The van der Waals surface area contributed by atoms with Crippen LogP contribution < -0.4 is 5.32 Å². The Bertz CT molecular complexity index is 406. The van der Waals surface area contributed by atoms with Crippen LogP contribution in [0.15, 0.2) is 17.5 Å². The molecule has 0 spiro atoms. The van der Waals surface area contributed by atoms with Gasteiger partial charge >= 0.3 is 5.97 Å². The molecular formula is C13H19NO3S. The first kappa shape index (κ1) is 14.7. The van der Waals surface area contributed by atoms with Crippen LogP contribution in [0.1, 0.15) is 43.3 Å². The fourth-order valence-electron chi connectivity index (χ4n) is 1.79. The molecule has 0 saturated heterocycles. The average molecular weight is 269 g/mol. The highest BCUT2D eigenvalue weighted by Gasteiger charge is 2.23. The number of carboxylic acids is 1. The largest absolute Gasteiger partial charge is 0.481 e. The smallest absolute Gasteiger partial charge is 0.305 e. The number of carboxylic acid groups (broad SMARTS) is 1. The minimum Gasteiger partial charge on any atom is -0.481 e. The number of aliphatic carboxylic acids is 1. The number of hydrogen-bond acceptors (Lipinski definition) is 3. The molecule has 1 atom stereocenters. The summed E-state index contributed by atoms with van der Waals surface area (Å²) >= 11 is 1.35. The van der Waals surface area contributed by atoms with E-state index in [2.05, 4.69) is 5.32 Å². The maximum Gasteiger partial charge on any atom is 0.305 e. The first-order valence-corrected chi connectivity index (χ1v) is 6.72. The summed E-state index contributed by atoms with van der Waals surface area (Å²) in [4.78, 5) is 23.3. The van der Waals surface area contributed by atoms with E-state index in [1.165, 1.54) is 11.3 Å². The lowest BCUT2D eigenvalue weighted by atomic mass is 9.87. The molecule has 1 rings (SSSR count). The third-order valence-corrected chi connectivity index (χ3v) is 3.23. The SMILES string of the molecule is CC(C)(C)CC(CC(=O)O)NC(=O)c1cccs1. The van der Waals surface area contributed by atoms with Crippen LogP contribution >= 0.6 is 11.3 Å². The molecule has 1 aromatic rings. The van der Waals surface area contributed by atoms with Crippen molar-refractivity contribution in [2.45, 2.75) is 39.7 Å². The van der Waals surface area contributed by atoms with Gasteiger partial charge in [0.05, 0.1) is 11.3 Å². The van der Waals surface area contributed by atoms with Gasteiger partial charge in [-0.05, 0) is 23.3 Å². The fourth-order valence-corrected chi connectivity index (χ4v) is 2.42. The van der Waals surface area contributed by atoms with Crippen LogP contribution in [0.3, 0.4) is 0 Å². The summed E-state index contributed by atoms with van der Waals surface area (Å²) < 4.78 is 0. The summed E-state index contributed by atoms with van der Waals surface area (Å²) in [5, 5.41) is 13.5. The molecule has 1 heterocycles. The van der Waals surface area contributed by atoms with Crippen molar-refractivity contribution in [1.29, 1.82) is 0 Å². The molecule has 0 aliphatic heterocycles. The molecule has 0 saturated carbocycles. The molecule has 18 heavy (non-hydrogen) atoms. The van der Waals surface area contributed by atoms with E-state index in [9.17, 15) is 9.59 Å². The Balaban J connectivity index is 2.66. The van der Waals surface area contributed by atoms with Crippen LogP contribution in [-0.2, 0) is 4.79 Å². The predicted octanol–water partition coefficient (Wildman–Crippen LogP) is 2.76. The van der Waals surface area contributed by atoms with Crippen LogP contribution in [0.5, 0.6) is 0 Å². The standard InChI is InChI=1S/C13H19NO3S/c1-13(2,3)8-9(7-11(15)16)14-12(17)10-5-4-6-18-10/h4-6,9H,7-8H2,1-3H3,(H,14,17)(H,15,16). The molecule has 4 nitrogen and oxygen atoms in total. The molecule has 0 aliphatic rings. The molecule has 2 N–H and O–H groups in total. The average Bonchev–Trinajstić information content (AvgIpc) is 2.65. The van der Waals surface area contributed by atoms with Gasteiger partial charge in [0.25, 0.3) is 5.91 Å². The predicted molar refractivity (Wildman–Crippen MR) is 71.9 cm³/mol. The minimum absolute atomic E-state index is 0.0250. The van der Waals surface area contributed by atoms with Gasteiger partial charge in [-0.25, -0.2) is 0 Å². The lowest BCUT2D eigenvalue weighted by Gasteiger charge is -2.25. The van der Waals surface area contributed by atoms with Gasteiger partial charge in [-0.2, -0.15) is 0 Å². The van der Waals surface area contributed by atoms with Gasteiger partial charge in [0.15, 0.2) is 0 Å². The Morgan fingerprint density at radius 3 is 2.56 bits per heavy atom. The van der Waals surface area contributed by atoms with E-state index >= 15 is 0 Å². The number of nitrogens with one attached hydrogen (secondary N) is 1. The Morgan fingerprint density at radius 1 is 1.44 bits per heavy atom. The highest BCUT2D eigenvalue weighted by atomic mass is 32.1. The molecule has 5 heteroatoms. The first-order valence-electron chi connectivity index (χ1n) is 5.84. The van der Waals surface area contributed by atoms with Crippen molar-refractivity contribution in [2.24, 2.45) is 5.41 Å². The van der Waals surface area contributed by atoms with Crippen LogP contribution in [0, 0.1) is 5.41 Å². The topological polar surface area (TPSA) is 66.4 Å². The van der Waals surface area contributed by atoms with Crippen molar-refractivity contribution >= 4 is 23.2 Å². The number of carbonyl (C=O) groups is 2. The normalized spacial score (nSPS) is 13.1. The van der Waals surface area contributed by atoms with E-state index in [0.29, 0.717) is 11.3 Å². The Hall–Kier alpha value is -1.36. The van der Waals surface area contributed by atoms with Crippen molar-refractivity contribution in [2.75, 3.05) is 0 Å². The molecule has 0 aliphatic carbocycles. The van der Waals surface area contributed by atoms with Gasteiger partial charge in [-0.1, -0.05) is 26.8 Å². The van der Waals surface area contributed by atoms with E-state index in [-0.39, 0.29) is 23.8 Å². The summed E-state index contributed by atoms with van der Waals surface area (Å²) in [5.74, 6) is -1.09. The van der Waals surface area contributed by atoms with E-state index in [0.717, 1.165) is 0 Å². The van der Waals surface area contributed by atoms with Gasteiger partial charge in [-0.15, -0.1) is 11.3 Å². The van der Waals surface area contributed by atoms with Crippen LogP contribution in [0.4, 0.5) is 0 Å². The lowest BCUT2D eigenvalue weighted by molar-refractivity contribution is -0.137. The molecule has 0 radical (unpaired) electrons. The molecule has 1 aromatic heterocycles. The Labute approximate surface area is 111 Å². The van der Waals surface area contributed by atoms with Crippen molar-refractivity contribution in [3.8, 4) is 0 Å². The van der Waals surface area contributed by atoms with E-state index in [1.54, 1.807) is 12.1 Å². The fraction of sp³-hybridized carbons (Fsp3) is 0.538. The second-order valence-electron chi connectivity index (χ2n) is 5.51. The molecule has 1 amide bonds. The third-order valence-electron chi connectivity index (χ3n) is 2.36. The van der Waals surface area contributed by atoms with Crippen molar-refractivity contribution < 1.29 is 14.7 Å². The van der Waals surface area contributed by atoms with Gasteiger partial charge < -0.3 is 10.4 Å². The van der Waals surface area contributed by atoms with Gasteiger partial charge in [0, 0.05) is 6.04 Å². The van der Waals surface area contributed by atoms with E-state index < -0.39 is 5.97 Å². The third kappa shape index (κ3) is 5.31. The minimum atomic E-state index is -0.893. The molecule has 1 unspecified atom stereocenters. The zero-order valence-electron chi connectivity index (χ0n) is 10.9. The van der Waals surface area contributed by atoms with E-state index in [1.807, 2.05) is 26.2 Å². The maximum absolute atomic E-state index is 11.9. The Kier molecular flexibility index (Phi) is 4.90. The summed E-state index contributed by atoms with van der Waals surface area (Å²) in [6.45, 7) is 6.08. The number of rotatable bonds is 5. The summed E-state index contributed by atoms with van der Waals surface area (Å²) in [5.41, 5.74) is -0.0250. The molecular weight excluding hydrogens is 250 g/mol. The summed E-state index contributed by atoms with van der Waals surface area (Å²) in [6.07, 6.45) is 0.588. The second kappa shape index (κ2) is 6.00. The molecule has 100 valence electrons. The first-order chi connectivity index (χ1) is 8.28. The summed E-state index contributed by atoms with van der Waals surface area (Å²) in [7, 11) is 0. The number of thiophene rings is 1. The van der Waals surface area contributed by atoms with Crippen molar-refractivity contribution in [3.05, 3.63) is 22.4 Å². The Morgan fingerprint density at radius 2 is 2.11 bits per heavy atom. The van der Waals surface area contributed by atoms with Gasteiger partial charge in [0.1, 0.15) is 0 Å². The van der Waals surface area contributed by atoms with Crippen LogP contribution in [-0.4, -0.2) is 23.0 Å². The van der Waals surface area contributed by atoms with Gasteiger partial charge in [-0.3, -0.25) is 9.59 Å². The molecule has 0 bridgehead atoms. The maximum atomic E-state index is 11.9. The molecule has 0 fully saturated rings. The highest BCUT2D eigenvalue weighted by Crippen LogP contribution is 2.22. The highest BCUT2D eigenvalue weighted by molar-refractivity contribution is 7.12. The molecule has 0 aromatic carbocycles. The van der Waals surface area contributed by atoms with Crippen LogP contribution in [0.2, 0.25) is 0 Å². The quantitative estimate of drug-likeness (QED) is 0.863. The van der Waals surface area contributed by atoms with Crippen LogP contribution in [0.25, 0.3) is 0 Å². The van der Waals surface area contributed by atoms with Crippen molar-refractivity contribution in [1.82, 2.24) is 5.32 Å². The second-order valence-corrected chi connectivity index (χ2v) is 6.46. The number of hydrogen-bond donors (Lipinski definition) is 2. The lowest BCUT2D eigenvalue weighted by Crippen LogP contribution is -2.38. The zero-order chi connectivity index (χ0) is 13.8. The monoisotopic (exact) mass is 269 g/mol. The number of amides is 1. The number of carbonyl (C=O) groups excluding carboxylic acids is 1. The van der Waals surface area contributed by atoms with Gasteiger partial charge in [0.2, 0.25) is 0 Å². The zero-order valence-corrected chi connectivity index (χ0v) is 11.7.